The van der Waals surface area contributed by atoms with Gasteiger partial charge in [0.15, 0.2) is 0 Å². The summed E-state index contributed by atoms with van der Waals surface area (Å²) in [6.07, 6.45) is 1.67. The van der Waals surface area contributed by atoms with Crippen LogP contribution in [0.15, 0.2) is 90.0 Å². The first-order valence-corrected chi connectivity index (χ1v) is 10.3. The van der Waals surface area contributed by atoms with E-state index in [1.807, 2.05) is 25.1 Å². The Kier molecular flexibility index (Phi) is 6.01. The van der Waals surface area contributed by atoms with Gasteiger partial charge in [-0.2, -0.15) is 5.10 Å². The van der Waals surface area contributed by atoms with Gasteiger partial charge in [0.1, 0.15) is 0 Å². The first kappa shape index (κ1) is 20.6. The molecular formula is C26H22ClN3O. The van der Waals surface area contributed by atoms with E-state index >= 15 is 0 Å². The van der Waals surface area contributed by atoms with E-state index in [2.05, 4.69) is 64.5 Å². The largest absolute Gasteiger partial charge is 0.318 e. The summed E-state index contributed by atoms with van der Waals surface area (Å²) in [4.78, 5) is 12.2. The van der Waals surface area contributed by atoms with Gasteiger partial charge in [-0.3, -0.25) is 4.79 Å². The molecule has 154 valence electrons. The van der Waals surface area contributed by atoms with Crippen LogP contribution in [0.4, 0.5) is 0 Å². The molecule has 0 saturated carbocycles. The molecule has 0 aliphatic carbocycles. The minimum absolute atomic E-state index is 0.279. The number of hydrogen-bond acceptors (Lipinski definition) is 2. The predicted molar refractivity (Wildman–Crippen MR) is 127 cm³/mol. The Balaban J connectivity index is 1.51. The number of halogens is 1. The highest BCUT2D eigenvalue weighted by Gasteiger charge is 2.10. The number of benzene rings is 3. The van der Waals surface area contributed by atoms with Gasteiger partial charge in [0.2, 0.25) is 0 Å². The zero-order chi connectivity index (χ0) is 21.8. The van der Waals surface area contributed by atoms with Crippen LogP contribution in [0.5, 0.6) is 0 Å². The fourth-order valence-corrected chi connectivity index (χ4v) is 3.70. The average Bonchev–Trinajstić information content (AvgIpc) is 3.08. The lowest BCUT2D eigenvalue weighted by Crippen LogP contribution is -2.17. The molecule has 0 spiro atoms. The second kappa shape index (κ2) is 9.02. The molecule has 4 aromatic rings. The number of hydrazone groups is 1. The summed E-state index contributed by atoms with van der Waals surface area (Å²) in [5, 5.41) is 4.72. The summed E-state index contributed by atoms with van der Waals surface area (Å²) in [7, 11) is 0. The molecule has 4 rings (SSSR count). The summed E-state index contributed by atoms with van der Waals surface area (Å²) in [6, 6.07) is 27.5. The van der Waals surface area contributed by atoms with E-state index in [0.717, 1.165) is 22.6 Å². The molecule has 1 N–H and O–H groups in total. The van der Waals surface area contributed by atoms with Crippen molar-refractivity contribution in [1.82, 2.24) is 9.99 Å². The van der Waals surface area contributed by atoms with Gasteiger partial charge in [-0.1, -0.05) is 54.1 Å². The first-order valence-electron chi connectivity index (χ1n) is 9.97. The maximum atomic E-state index is 12.2. The minimum atomic E-state index is -0.279. The standard InChI is InChI=1S/C26H22ClN3O/c1-18-16-23(17-28-29-26(31)22-8-12-24(27)13-9-22)19(2)30(18)25-14-10-21(11-15-25)20-6-4-3-5-7-20/h3-17H,1-2H3,(H,29,31)/b28-17+. The van der Waals surface area contributed by atoms with Gasteiger partial charge >= 0.3 is 0 Å². The molecule has 0 unspecified atom stereocenters. The van der Waals surface area contributed by atoms with E-state index in [-0.39, 0.29) is 5.91 Å². The van der Waals surface area contributed by atoms with Crippen LogP contribution < -0.4 is 5.43 Å². The van der Waals surface area contributed by atoms with Crippen LogP contribution in [0.25, 0.3) is 16.8 Å². The molecule has 0 radical (unpaired) electrons. The number of nitrogens with zero attached hydrogens (tertiary/aromatic N) is 2. The molecule has 0 atom stereocenters. The van der Waals surface area contributed by atoms with E-state index in [0.29, 0.717) is 10.6 Å². The Morgan fingerprint density at radius 1 is 0.903 bits per heavy atom. The van der Waals surface area contributed by atoms with E-state index in [4.69, 9.17) is 11.6 Å². The average molecular weight is 428 g/mol. The van der Waals surface area contributed by atoms with Crippen molar-refractivity contribution in [2.75, 3.05) is 0 Å². The Morgan fingerprint density at radius 3 is 2.23 bits per heavy atom. The number of rotatable bonds is 5. The molecule has 5 heteroatoms. The van der Waals surface area contributed by atoms with Gasteiger partial charge in [-0.05, 0) is 67.4 Å². The molecule has 1 amide bonds. The van der Waals surface area contributed by atoms with Gasteiger partial charge in [0.05, 0.1) is 6.21 Å². The third-order valence-corrected chi connectivity index (χ3v) is 5.43. The van der Waals surface area contributed by atoms with Gasteiger partial charge in [-0.25, -0.2) is 5.43 Å². The number of hydrogen-bond donors (Lipinski definition) is 1. The van der Waals surface area contributed by atoms with Gasteiger partial charge in [0.25, 0.3) is 5.91 Å². The number of carbonyl (C=O) groups is 1. The molecule has 3 aromatic carbocycles. The molecule has 1 heterocycles. The third-order valence-electron chi connectivity index (χ3n) is 5.18. The van der Waals surface area contributed by atoms with Gasteiger partial charge in [-0.15, -0.1) is 0 Å². The zero-order valence-electron chi connectivity index (χ0n) is 17.3. The fourth-order valence-electron chi connectivity index (χ4n) is 3.58. The Labute approximate surface area is 186 Å². The van der Waals surface area contributed by atoms with Crippen molar-refractivity contribution in [3.05, 3.63) is 112 Å². The molecule has 0 aliphatic rings. The van der Waals surface area contributed by atoms with Crippen molar-refractivity contribution in [1.29, 1.82) is 0 Å². The van der Waals surface area contributed by atoms with E-state index < -0.39 is 0 Å². The lowest BCUT2D eigenvalue weighted by Gasteiger charge is -2.11. The highest BCUT2D eigenvalue weighted by molar-refractivity contribution is 6.30. The molecule has 31 heavy (non-hydrogen) atoms. The normalized spacial score (nSPS) is 11.1. The fraction of sp³-hybridized carbons (Fsp3) is 0.0769. The van der Waals surface area contributed by atoms with Crippen LogP contribution in [0.1, 0.15) is 27.3 Å². The SMILES string of the molecule is Cc1cc(/C=N/NC(=O)c2ccc(Cl)cc2)c(C)n1-c1ccc(-c2ccccc2)cc1. The topological polar surface area (TPSA) is 46.4 Å². The molecule has 0 bridgehead atoms. The van der Waals surface area contributed by atoms with Crippen molar-refractivity contribution < 1.29 is 4.79 Å². The number of nitrogens with one attached hydrogen (secondary N) is 1. The molecular weight excluding hydrogens is 406 g/mol. The number of amides is 1. The van der Waals surface area contributed by atoms with Crippen LogP contribution in [-0.4, -0.2) is 16.7 Å². The van der Waals surface area contributed by atoms with Crippen LogP contribution in [-0.2, 0) is 0 Å². The molecule has 0 aliphatic heterocycles. The summed E-state index contributed by atoms with van der Waals surface area (Å²) in [5.41, 5.74) is 9.62. The highest BCUT2D eigenvalue weighted by atomic mass is 35.5. The first-order chi connectivity index (χ1) is 15.0. The smallest absolute Gasteiger partial charge is 0.271 e. The van der Waals surface area contributed by atoms with Crippen molar-refractivity contribution in [2.45, 2.75) is 13.8 Å². The zero-order valence-corrected chi connectivity index (χ0v) is 18.1. The maximum Gasteiger partial charge on any atom is 0.271 e. The van der Waals surface area contributed by atoms with Crippen molar-refractivity contribution in [2.24, 2.45) is 5.10 Å². The van der Waals surface area contributed by atoms with E-state index in [9.17, 15) is 4.79 Å². The second-order valence-electron chi connectivity index (χ2n) is 7.28. The monoisotopic (exact) mass is 427 g/mol. The Hall–Kier alpha value is -3.63. The number of aromatic nitrogens is 1. The summed E-state index contributed by atoms with van der Waals surface area (Å²) in [5.74, 6) is -0.279. The predicted octanol–water partition coefficient (Wildman–Crippen LogP) is 6.18. The summed E-state index contributed by atoms with van der Waals surface area (Å²) in [6.45, 7) is 4.10. The van der Waals surface area contributed by atoms with E-state index in [1.54, 1.807) is 30.5 Å². The lowest BCUT2D eigenvalue weighted by atomic mass is 10.1. The Bertz CT molecular complexity index is 1220. The number of carbonyl (C=O) groups excluding carboxylic acids is 1. The van der Waals surface area contributed by atoms with Crippen LogP contribution in [0.3, 0.4) is 0 Å². The molecule has 0 saturated heterocycles. The second-order valence-corrected chi connectivity index (χ2v) is 7.72. The molecule has 1 aromatic heterocycles. The van der Waals surface area contributed by atoms with Crippen molar-refractivity contribution in [3.8, 4) is 16.8 Å². The van der Waals surface area contributed by atoms with Crippen LogP contribution in [0.2, 0.25) is 5.02 Å². The highest BCUT2D eigenvalue weighted by Crippen LogP contribution is 2.24. The van der Waals surface area contributed by atoms with Gasteiger partial charge in [0, 0.05) is 33.2 Å². The van der Waals surface area contributed by atoms with Crippen LogP contribution in [0, 0.1) is 13.8 Å². The summed E-state index contributed by atoms with van der Waals surface area (Å²) < 4.78 is 2.18. The van der Waals surface area contributed by atoms with Crippen molar-refractivity contribution >= 4 is 23.7 Å². The number of aryl methyl sites for hydroxylation is 1. The van der Waals surface area contributed by atoms with Crippen molar-refractivity contribution in [3.63, 3.8) is 0 Å². The summed E-state index contributed by atoms with van der Waals surface area (Å²) >= 11 is 5.86. The minimum Gasteiger partial charge on any atom is -0.318 e. The van der Waals surface area contributed by atoms with E-state index in [1.165, 1.54) is 11.1 Å². The van der Waals surface area contributed by atoms with Crippen LogP contribution >= 0.6 is 11.6 Å². The third kappa shape index (κ3) is 4.60. The maximum absolute atomic E-state index is 12.2. The quantitative estimate of drug-likeness (QED) is 0.300. The van der Waals surface area contributed by atoms with Gasteiger partial charge < -0.3 is 4.57 Å². The molecule has 0 fully saturated rings. The lowest BCUT2D eigenvalue weighted by molar-refractivity contribution is 0.0955. The molecule has 4 nitrogen and oxygen atoms in total. The Morgan fingerprint density at radius 2 is 1.55 bits per heavy atom.